The molecule has 3 heteroatoms. The third-order valence-electron chi connectivity index (χ3n) is 2.03. The first-order valence-corrected chi connectivity index (χ1v) is 4.81. The van der Waals surface area contributed by atoms with Crippen molar-refractivity contribution in [2.75, 3.05) is 0 Å². The molecule has 1 heterocycles. The van der Waals surface area contributed by atoms with Crippen molar-refractivity contribution < 1.29 is 14.3 Å². The minimum absolute atomic E-state index is 0.127. The average Bonchev–Trinajstić information content (AvgIpc) is 2.32. The highest BCUT2D eigenvalue weighted by atomic mass is 16.8. The summed E-state index contributed by atoms with van der Waals surface area (Å²) in [6.45, 7) is 8.03. The normalized spacial score (nSPS) is 29.1. The molecule has 0 saturated carbocycles. The van der Waals surface area contributed by atoms with Gasteiger partial charge in [0.25, 0.3) is 0 Å². The lowest BCUT2D eigenvalue weighted by Crippen LogP contribution is -2.27. The summed E-state index contributed by atoms with van der Waals surface area (Å²) < 4.78 is 10.6. The summed E-state index contributed by atoms with van der Waals surface area (Å²) in [4.78, 5) is 11.3. The summed E-state index contributed by atoms with van der Waals surface area (Å²) in [5.41, 5.74) is -0.127. The fourth-order valence-electron chi connectivity index (χ4n) is 1.24. The molecule has 1 rings (SSSR count). The smallest absolute Gasteiger partial charge is 0.337 e. The first kappa shape index (κ1) is 10.5. The summed E-state index contributed by atoms with van der Waals surface area (Å²) in [6.07, 6.45) is 0.980. The van der Waals surface area contributed by atoms with Gasteiger partial charge in [-0.25, -0.2) is 4.79 Å². The molecule has 0 aliphatic carbocycles. The molecule has 0 aromatic rings. The first-order chi connectivity index (χ1) is 5.95. The zero-order valence-electron chi connectivity index (χ0n) is 8.79. The molecule has 3 nitrogen and oxygen atoms in total. The molecular weight excluding hydrogens is 168 g/mol. The number of hydrogen-bond donors (Lipinski definition) is 0. The van der Waals surface area contributed by atoms with Crippen LogP contribution in [0.1, 0.15) is 40.5 Å². The van der Waals surface area contributed by atoms with E-state index < -0.39 is 0 Å². The van der Waals surface area contributed by atoms with Crippen LogP contribution in [-0.4, -0.2) is 18.4 Å². The molecule has 0 aromatic heterocycles. The average molecular weight is 186 g/mol. The standard InChI is InChI=1S/C10H18O3/c1-5-6-7-8(11)13-9(12-7)10(2,3)4/h7,9H,5-6H2,1-4H3/t7-,9+/m1/s1. The fourth-order valence-corrected chi connectivity index (χ4v) is 1.24. The molecule has 0 aromatic carbocycles. The molecule has 0 spiro atoms. The second-order valence-electron chi connectivity index (χ2n) is 4.55. The molecule has 1 saturated heterocycles. The van der Waals surface area contributed by atoms with Crippen molar-refractivity contribution in [1.82, 2.24) is 0 Å². The molecule has 0 bridgehead atoms. The van der Waals surface area contributed by atoms with E-state index in [-0.39, 0.29) is 23.8 Å². The molecule has 13 heavy (non-hydrogen) atoms. The maximum absolute atomic E-state index is 11.3. The van der Waals surface area contributed by atoms with Gasteiger partial charge in [0.05, 0.1) is 0 Å². The predicted molar refractivity (Wildman–Crippen MR) is 49.1 cm³/mol. The molecule has 1 fully saturated rings. The Kier molecular flexibility index (Phi) is 2.96. The van der Waals surface area contributed by atoms with E-state index in [2.05, 4.69) is 0 Å². The van der Waals surface area contributed by atoms with Crippen molar-refractivity contribution in [2.24, 2.45) is 5.41 Å². The maximum Gasteiger partial charge on any atom is 0.337 e. The van der Waals surface area contributed by atoms with Crippen LogP contribution >= 0.6 is 0 Å². The van der Waals surface area contributed by atoms with Crippen molar-refractivity contribution in [3.63, 3.8) is 0 Å². The number of carbonyl (C=O) groups excluding carboxylic acids is 1. The second-order valence-corrected chi connectivity index (χ2v) is 4.55. The van der Waals surface area contributed by atoms with Crippen molar-refractivity contribution in [3.8, 4) is 0 Å². The van der Waals surface area contributed by atoms with Crippen molar-refractivity contribution in [1.29, 1.82) is 0 Å². The quantitative estimate of drug-likeness (QED) is 0.619. The van der Waals surface area contributed by atoms with Crippen LogP contribution < -0.4 is 0 Å². The van der Waals surface area contributed by atoms with Crippen molar-refractivity contribution in [2.45, 2.75) is 52.9 Å². The van der Waals surface area contributed by atoms with Crippen LogP contribution in [0.5, 0.6) is 0 Å². The largest absolute Gasteiger partial charge is 0.433 e. The molecular formula is C10H18O3. The van der Waals surface area contributed by atoms with Gasteiger partial charge in [-0.1, -0.05) is 34.1 Å². The van der Waals surface area contributed by atoms with Crippen LogP contribution in [0.4, 0.5) is 0 Å². The van der Waals surface area contributed by atoms with Crippen molar-refractivity contribution >= 4 is 5.97 Å². The van der Waals surface area contributed by atoms with Gasteiger partial charge in [-0.15, -0.1) is 0 Å². The molecule has 0 radical (unpaired) electrons. The van der Waals surface area contributed by atoms with Gasteiger partial charge in [0.15, 0.2) is 6.10 Å². The fraction of sp³-hybridized carbons (Fsp3) is 0.900. The lowest BCUT2D eigenvalue weighted by atomic mass is 9.96. The number of hydrogen-bond acceptors (Lipinski definition) is 3. The summed E-state index contributed by atoms with van der Waals surface area (Å²) in [5, 5.41) is 0. The highest BCUT2D eigenvalue weighted by Gasteiger charge is 2.40. The SMILES string of the molecule is CCC[C@H]1O[C@H](C(C)(C)C)OC1=O. The Labute approximate surface area is 79.4 Å². The zero-order chi connectivity index (χ0) is 10.1. The van der Waals surface area contributed by atoms with E-state index in [1.165, 1.54) is 0 Å². The molecule has 2 atom stereocenters. The van der Waals surface area contributed by atoms with Crippen LogP contribution in [0.15, 0.2) is 0 Å². The zero-order valence-corrected chi connectivity index (χ0v) is 8.79. The van der Waals surface area contributed by atoms with Gasteiger partial charge >= 0.3 is 5.97 Å². The highest BCUT2D eigenvalue weighted by molar-refractivity contribution is 5.76. The van der Waals surface area contributed by atoms with Crippen LogP contribution in [-0.2, 0) is 14.3 Å². The molecule has 0 amide bonds. The Balaban J connectivity index is 2.55. The predicted octanol–water partition coefficient (Wildman–Crippen LogP) is 2.10. The molecule has 1 aliphatic rings. The van der Waals surface area contributed by atoms with Gasteiger partial charge in [-0.2, -0.15) is 0 Å². The van der Waals surface area contributed by atoms with Crippen LogP contribution in [0.2, 0.25) is 0 Å². The lowest BCUT2D eigenvalue weighted by Gasteiger charge is -2.23. The van der Waals surface area contributed by atoms with E-state index in [1.807, 2.05) is 27.7 Å². The topological polar surface area (TPSA) is 35.5 Å². The van der Waals surface area contributed by atoms with E-state index in [0.717, 1.165) is 12.8 Å². The third-order valence-corrected chi connectivity index (χ3v) is 2.03. The number of ether oxygens (including phenoxy) is 2. The van der Waals surface area contributed by atoms with Gasteiger partial charge in [0, 0.05) is 5.41 Å². The Bertz CT molecular complexity index is 193. The molecule has 76 valence electrons. The number of cyclic esters (lactones) is 1. The van der Waals surface area contributed by atoms with Crippen LogP contribution in [0.25, 0.3) is 0 Å². The Hall–Kier alpha value is -0.570. The monoisotopic (exact) mass is 186 g/mol. The number of esters is 1. The highest BCUT2D eigenvalue weighted by Crippen LogP contribution is 2.30. The van der Waals surface area contributed by atoms with E-state index in [9.17, 15) is 4.79 Å². The molecule has 0 unspecified atom stereocenters. The maximum atomic E-state index is 11.3. The second kappa shape index (κ2) is 3.66. The van der Waals surface area contributed by atoms with Gasteiger partial charge in [0.2, 0.25) is 6.29 Å². The van der Waals surface area contributed by atoms with E-state index >= 15 is 0 Å². The number of carbonyl (C=O) groups is 1. The van der Waals surface area contributed by atoms with E-state index in [0.29, 0.717) is 0 Å². The molecule has 0 N–H and O–H groups in total. The Morgan fingerprint density at radius 2 is 2.00 bits per heavy atom. The van der Waals surface area contributed by atoms with Gasteiger partial charge in [-0.05, 0) is 6.42 Å². The molecule has 1 aliphatic heterocycles. The summed E-state index contributed by atoms with van der Waals surface area (Å²) in [7, 11) is 0. The Morgan fingerprint density at radius 3 is 2.38 bits per heavy atom. The summed E-state index contributed by atoms with van der Waals surface area (Å²) >= 11 is 0. The lowest BCUT2D eigenvalue weighted by molar-refractivity contribution is -0.154. The van der Waals surface area contributed by atoms with Gasteiger partial charge in [-0.3, -0.25) is 0 Å². The van der Waals surface area contributed by atoms with E-state index in [1.54, 1.807) is 0 Å². The third kappa shape index (κ3) is 2.44. The minimum atomic E-state index is -0.378. The summed E-state index contributed by atoms with van der Waals surface area (Å²) in [6, 6.07) is 0. The number of rotatable bonds is 2. The van der Waals surface area contributed by atoms with Gasteiger partial charge in [0.1, 0.15) is 0 Å². The van der Waals surface area contributed by atoms with Crippen molar-refractivity contribution in [3.05, 3.63) is 0 Å². The summed E-state index contributed by atoms with van der Waals surface area (Å²) in [5.74, 6) is -0.207. The minimum Gasteiger partial charge on any atom is -0.433 e. The van der Waals surface area contributed by atoms with Gasteiger partial charge < -0.3 is 9.47 Å². The first-order valence-electron chi connectivity index (χ1n) is 4.81. The van der Waals surface area contributed by atoms with E-state index in [4.69, 9.17) is 9.47 Å². The Morgan fingerprint density at radius 1 is 1.38 bits per heavy atom. The van der Waals surface area contributed by atoms with Crippen LogP contribution in [0, 0.1) is 5.41 Å². The van der Waals surface area contributed by atoms with Crippen LogP contribution in [0.3, 0.4) is 0 Å².